The first-order valence-corrected chi connectivity index (χ1v) is 9.45. The molecular weight excluding hydrogens is 322 g/mol. The van der Waals surface area contributed by atoms with Crippen molar-refractivity contribution in [3.8, 4) is 0 Å². The number of nitrogens with one attached hydrogen (secondary N) is 1. The van der Waals surface area contributed by atoms with E-state index in [-0.39, 0.29) is 12.4 Å². The highest BCUT2D eigenvalue weighted by molar-refractivity contribution is 6.18. The molecule has 0 aliphatic rings. The van der Waals surface area contributed by atoms with Gasteiger partial charge in [0.1, 0.15) is 0 Å². The molecule has 136 valence electrons. The number of aromatic amines is 1. The number of aliphatic hydroxyl groups excluding tert-OH is 1. The Morgan fingerprint density at radius 2 is 1.81 bits per heavy atom. The Kier molecular flexibility index (Phi) is 5.89. The Labute approximate surface area is 155 Å². The quantitative estimate of drug-likeness (QED) is 0.425. The summed E-state index contributed by atoms with van der Waals surface area (Å²) in [6.45, 7) is 4.47. The number of aromatic nitrogens is 1. The summed E-state index contributed by atoms with van der Waals surface area (Å²) in [6, 6.07) is 15.8. The summed E-state index contributed by atoms with van der Waals surface area (Å²) in [5, 5.41) is 10.0. The van der Waals surface area contributed by atoms with E-state index in [2.05, 4.69) is 24.0 Å². The maximum absolute atomic E-state index is 13.2. The molecule has 1 unspecified atom stereocenters. The molecule has 1 aromatic heterocycles. The van der Waals surface area contributed by atoms with E-state index >= 15 is 0 Å². The van der Waals surface area contributed by atoms with Crippen LogP contribution in [0.25, 0.3) is 10.9 Å². The molecule has 0 aliphatic heterocycles. The molecule has 0 fully saturated rings. The van der Waals surface area contributed by atoms with Gasteiger partial charge in [-0.25, -0.2) is 0 Å². The van der Waals surface area contributed by atoms with Gasteiger partial charge in [-0.3, -0.25) is 4.79 Å². The van der Waals surface area contributed by atoms with Crippen molar-refractivity contribution in [2.45, 2.75) is 45.4 Å². The number of hydrogen-bond acceptors (Lipinski definition) is 2. The molecule has 3 aromatic rings. The molecule has 3 heteroatoms. The van der Waals surface area contributed by atoms with Crippen molar-refractivity contribution in [1.29, 1.82) is 0 Å². The Balaban J connectivity index is 1.99. The maximum atomic E-state index is 13.2. The number of fused-ring (bicyclic) bond motifs is 1. The molecule has 3 rings (SSSR count). The van der Waals surface area contributed by atoms with Crippen LogP contribution in [0.1, 0.15) is 65.7 Å². The topological polar surface area (TPSA) is 53.1 Å². The number of rotatable bonds is 8. The molecule has 1 atom stereocenters. The summed E-state index contributed by atoms with van der Waals surface area (Å²) in [4.78, 5) is 16.6. The van der Waals surface area contributed by atoms with Gasteiger partial charge in [0.05, 0.1) is 5.56 Å². The Morgan fingerprint density at radius 1 is 1.04 bits per heavy atom. The average Bonchev–Trinajstić information content (AvgIpc) is 3.01. The maximum Gasteiger partial charge on any atom is 0.195 e. The molecule has 0 bridgehead atoms. The minimum atomic E-state index is 0.0780. The van der Waals surface area contributed by atoms with E-state index in [0.717, 1.165) is 53.4 Å². The smallest absolute Gasteiger partial charge is 0.195 e. The molecule has 3 nitrogen and oxygen atoms in total. The number of aliphatic hydroxyl groups is 1. The van der Waals surface area contributed by atoms with Crippen molar-refractivity contribution < 1.29 is 9.90 Å². The molecule has 0 saturated carbocycles. The van der Waals surface area contributed by atoms with Gasteiger partial charge >= 0.3 is 0 Å². The molecule has 0 saturated heterocycles. The van der Waals surface area contributed by atoms with Crippen molar-refractivity contribution in [3.63, 3.8) is 0 Å². The van der Waals surface area contributed by atoms with Crippen LogP contribution >= 0.6 is 0 Å². The van der Waals surface area contributed by atoms with Crippen LogP contribution in [0.15, 0.2) is 48.5 Å². The van der Waals surface area contributed by atoms with Crippen molar-refractivity contribution >= 4 is 16.7 Å². The van der Waals surface area contributed by atoms with Crippen molar-refractivity contribution in [1.82, 2.24) is 4.98 Å². The molecule has 26 heavy (non-hydrogen) atoms. The highest BCUT2D eigenvalue weighted by Crippen LogP contribution is 2.34. The van der Waals surface area contributed by atoms with Crippen LogP contribution in [-0.4, -0.2) is 22.5 Å². The lowest BCUT2D eigenvalue weighted by molar-refractivity contribution is 0.103. The molecule has 0 radical (unpaired) electrons. The number of H-pyrrole nitrogens is 1. The van der Waals surface area contributed by atoms with Crippen LogP contribution in [0.3, 0.4) is 0 Å². The van der Waals surface area contributed by atoms with Crippen molar-refractivity contribution in [3.05, 3.63) is 70.9 Å². The van der Waals surface area contributed by atoms with Crippen molar-refractivity contribution in [2.75, 3.05) is 6.61 Å². The van der Waals surface area contributed by atoms with Gasteiger partial charge in [-0.05, 0) is 37.3 Å². The Hall–Kier alpha value is -2.39. The van der Waals surface area contributed by atoms with Gasteiger partial charge in [-0.2, -0.15) is 0 Å². The van der Waals surface area contributed by atoms with E-state index in [1.807, 2.05) is 43.3 Å². The second kappa shape index (κ2) is 8.33. The number of benzene rings is 2. The van der Waals surface area contributed by atoms with Gasteiger partial charge < -0.3 is 10.1 Å². The number of hydrogen-bond donors (Lipinski definition) is 2. The van der Waals surface area contributed by atoms with Crippen LogP contribution in [0, 0.1) is 6.92 Å². The first-order chi connectivity index (χ1) is 12.6. The minimum Gasteiger partial charge on any atom is -0.396 e. The van der Waals surface area contributed by atoms with E-state index < -0.39 is 0 Å². The fourth-order valence-corrected chi connectivity index (χ4v) is 3.73. The SMILES string of the molecule is Cc1[nH]c2cccc(C(C)CCCCCO)c2c1C(=O)c1ccccc1. The third-order valence-electron chi connectivity index (χ3n) is 5.13. The summed E-state index contributed by atoms with van der Waals surface area (Å²) < 4.78 is 0. The van der Waals surface area contributed by atoms with Crippen LogP contribution in [0.2, 0.25) is 0 Å². The monoisotopic (exact) mass is 349 g/mol. The predicted molar refractivity (Wildman–Crippen MR) is 107 cm³/mol. The molecule has 2 N–H and O–H groups in total. The van der Waals surface area contributed by atoms with Gasteiger partial charge in [0, 0.05) is 28.8 Å². The summed E-state index contributed by atoms with van der Waals surface area (Å²) in [5.74, 6) is 0.448. The number of carbonyl (C=O) groups excluding carboxylic acids is 1. The first-order valence-electron chi connectivity index (χ1n) is 9.45. The van der Waals surface area contributed by atoms with Gasteiger partial charge in [-0.15, -0.1) is 0 Å². The van der Waals surface area contributed by atoms with E-state index in [9.17, 15) is 4.79 Å². The van der Waals surface area contributed by atoms with Crippen molar-refractivity contribution in [2.24, 2.45) is 0 Å². The lowest BCUT2D eigenvalue weighted by Gasteiger charge is -2.14. The van der Waals surface area contributed by atoms with Gasteiger partial charge in [-0.1, -0.05) is 62.2 Å². The largest absolute Gasteiger partial charge is 0.396 e. The number of carbonyl (C=O) groups is 1. The molecule has 2 aromatic carbocycles. The highest BCUT2D eigenvalue weighted by atomic mass is 16.2. The number of ketones is 1. The zero-order valence-electron chi connectivity index (χ0n) is 15.6. The zero-order chi connectivity index (χ0) is 18.5. The van der Waals surface area contributed by atoms with E-state index in [1.54, 1.807) is 0 Å². The normalized spacial score (nSPS) is 12.4. The van der Waals surface area contributed by atoms with E-state index in [0.29, 0.717) is 5.92 Å². The van der Waals surface area contributed by atoms with Gasteiger partial charge in [0.25, 0.3) is 0 Å². The fraction of sp³-hybridized carbons (Fsp3) is 0.348. The van der Waals surface area contributed by atoms with Gasteiger partial charge in [0.15, 0.2) is 5.78 Å². The fourth-order valence-electron chi connectivity index (χ4n) is 3.73. The highest BCUT2D eigenvalue weighted by Gasteiger charge is 2.21. The number of unbranched alkanes of at least 4 members (excludes halogenated alkanes) is 2. The first kappa shape index (κ1) is 18.4. The lowest BCUT2D eigenvalue weighted by Crippen LogP contribution is -2.04. The molecule has 1 heterocycles. The Bertz CT molecular complexity index is 880. The van der Waals surface area contributed by atoms with E-state index in [1.165, 1.54) is 5.56 Å². The van der Waals surface area contributed by atoms with Gasteiger partial charge in [0.2, 0.25) is 0 Å². The predicted octanol–water partition coefficient (Wildman–Crippen LogP) is 5.36. The van der Waals surface area contributed by atoms with E-state index in [4.69, 9.17) is 5.11 Å². The van der Waals surface area contributed by atoms with Crippen LogP contribution in [0.5, 0.6) is 0 Å². The average molecular weight is 349 g/mol. The molecule has 0 spiro atoms. The Morgan fingerprint density at radius 3 is 2.54 bits per heavy atom. The number of aryl methyl sites for hydroxylation is 1. The summed E-state index contributed by atoms with van der Waals surface area (Å²) >= 11 is 0. The summed E-state index contributed by atoms with van der Waals surface area (Å²) in [5.41, 5.74) is 4.70. The second-order valence-electron chi connectivity index (χ2n) is 7.06. The third kappa shape index (κ3) is 3.73. The van der Waals surface area contributed by atoms with Crippen LogP contribution in [0.4, 0.5) is 0 Å². The lowest BCUT2D eigenvalue weighted by atomic mass is 9.89. The van der Waals surface area contributed by atoms with Crippen LogP contribution < -0.4 is 0 Å². The molecule has 0 amide bonds. The summed E-state index contributed by atoms with van der Waals surface area (Å²) in [6.07, 6.45) is 4.04. The minimum absolute atomic E-state index is 0.0780. The molecular formula is C23H27NO2. The molecule has 0 aliphatic carbocycles. The second-order valence-corrected chi connectivity index (χ2v) is 7.06. The standard InChI is InChI=1S/C23H27NO2/c1-16(10-5-4-8-15-25)19-13-9-14-20-22(19)21(17(2)24-20)23(26)18-11-6-3-7-12-18/h3,6-7,9,11-14,16,24-25H,4-5,8,10,15H2,1-2H3. The zero-order valence-corrected chi connectivity index (χ0v) is 15.6. The third-order valence-corrected chi connectivity index (χ3v) is 5.13. The van der Waals surface area contributed by atoms with Crippen LogP contribution in [-0.2, 0) is 0 Å². The summed E-state index contributed by atoms with van der Waals surface area (Å²) in [7, 11) is 0.